The molecule has 112 valence electrons. The molecule has 0 aliphatic rings. The number of nitrogen functional groups attached to an aromatic ring is 1. The highest BCUT2D eigenvalue weighted by Gasteiger charge is 2.14. The van der Waals surface area contributed by atoms with Crippen molar-refractivity contribution in [1.29, 1.82) is 0 Å². The summed E-state index contributed by atoms with van der Waals surface area (Å²) < 4.78 is 0. The van der Waals surface area contributed by atoms with Gasteiger partial charge in [-0.05, 0) is 26.0 Å². The van der Waals surface area contributed by atoms with Crippen molar-refractivity contribution in [3.63, 3.8) is 0 Å². The average molecular weight is 304 g/mol. The van der Waals surface area contributed by atoms with E-state index in [2.05, 4.69) is 29.0 Å². The summed E-state index contributed by atoms with van der Waals surface area (Å²) in [6, 6.07) is 8.22. The predicted molar refractivity (Wildman–Crippen MR) is 86.7 cm³/mol. The van der Waals surface area contributed by atoms with E-state index in [0.717, 1.165) is 16.5 Å². The lowest BCUT2D eigenvalue weighted by atomic mass is 10.2. The van der Waals surface area contributed by atoms with Gasteiger partial charge in [0.2, 0.25) is 0 Å². The number of anilines is 2. The van der Waals surface area contributed by atoms with Gasteiger partial charge >= 0.3 is 0 Å². The molecule has 0 aliphatic carbocycles. The maximum absolute atomic E-state index is 9.12. The zero-order chi connectivity index (χ0) is 15.2. The first-order valence-electron chi connectivity index (χ1n) is 6.86. The molecule has 0 aliphatic heterocycles. The number of rotatable bonds is 6. The molecule has 0 bridgehead atoms. The van der Waals surface area contributed by atoms with Crippen LogP contribution in [0.25, 0.3) is 0 Å². The molecule has 6 heteroatoms. The minimum absolute atomic E-state index is 0.0672. The zero-order valence-electron chi connectivity index (χ0n) is 12.3. The molecule has 0 saturated carbocycles. The molecule has 0 radical (unpaired) electrons. The fourth-order valence-electron chi connectivity index (χ4n) is 1.96. The number of hydrogen-bond donors (Lipinski definition) is 2. The first-order chi connectivity index (χ1) is 10.2. The van der Waals surface area contributed by atoms with Crippen molar-refractivity contribution >= 4 is 23.3 Å². The topological polar surface area (TPSA) is 75.3 Å². The summed E-state index contributed by atoms with van der Waals surface area (Å²) in [4.78, 5) is 11.5. The first-order valence-corrected chi connectivity index (χ1v) is 7.68. The van der Waals surface area contributed by atoms with Crippen LogP contribution in [0.15, 0.2) is 40.5 Å². The van der Waals surface area contributed by atoms with E-state index in [1.807, 2.05) is 24.0 Å². The highest BCUT2D eigenvalue weighted by Crippen LogP contribution is 2.34. The lowest BCUT2D eigenvalue weighted by Crippen LogP contribution is -2.28. The summed E-state index contributed by atoms with van der Waals surface area (Å²) >= 11 is 1.52. The van der Waals surface area contributed by atoms with Gasteiger partial charge in [-0.3, -0.25) is 0 Å². The van der Waals surface area contributed by atoms with Gasteiger partial charge in [0.1, 0.15) is 17.0 Å². The van der Waals surface area contributed by atoms with Gasteiger partial charge in [-0.15, -0.1) is 0 Å². The molecule has 0 spiro atoms. The third kappa shape index (κ3) is 3.86. The minimum Gasteiger partial charge on any atom is -0.395 e. The quantitative estimate of drug-likeness (QED) is 0.798. The standard InChI is InChI=1S/C15H20N4OS/c1-3-19(8-9-20)14-13(16)15(18-10-17-14)21-12-6-4-11(2)5-7-12/h4-7,10,20H,3,8-9,16H2,1-2H3. The number of aromatic nitrogens is 2. The summed E-state index contributed by atoms with van der Waals surface area (Å²) in [6.07, 6.45) is 1.52. The number of nitrogens with two attached hydrogens (primary N) is 1. The summed E-state index contributed by atoms with van der Waals surface area (Å²) in [5.74, 6) is 0.677. The van der Waals surface area contributed by atoms with Crippen molar-refractivity contribution in [2.75, 3.05) is 30.3 Å². The van der Waals surface area contributed by atoms with Gasteiger partial charge in [-0.1, -0.05) is 29.5 Å². The van der Waals surface area contributed by atoms with Crippen molar-refractivity contribution in [3.05, 3.63) is 36.2 Å². The second-order valence-corrected chi connectivity index (χ2v) is 5.70. The van der Waals surface area contributed by atoms with Crippen LogP contribution >= 0.6 is 11.8 Å². The largest absolute Gasteiger partial charge is 0.395 e. The van der Waals surface area contributed by atoms with Crippen molar-refractivity contribution in [2.45, 2.75) is 23.8 Å². The molecule has 0 unspecified atom stereocenters. The molecule has 1 aromatic carbocycles. The second-order valence-electron chi connectivity index (χ2n) is 4.63. The predicted octanol–water partition coefficient (Wildman–Crippen LogP) is 2.34. The highest BCUT2D eigenvalue weighted by molar-refractivity contribution is 7.99. The van der Waals surface area contributed by atoms with E-state index < -0.39 is 0 Å². The highest BCUT2D eigenvalue weighted by atomic mass is 32.2. The maximum Gasteiger partial charge on any atom is 0.156 e. The van der Waals surface area contributed by atoms with Crippen LogP contribution in [0, 0.1) is 6.92 Å². The monoisotopic (exact) mass is 304 g/mol. The number of benzene rings is 1. The zero-order valence-corrected chi connectivity index (χ0v) is 13.1. The fourth-order valence-corrected chi connectivity index (χ4v) is 2.75. The molecular formula is C15H20N4OS. The Morgan fingerprint density at radius 2 is 1.95 bits per heavy atom. The van der Waals surface area contributed by atoms with Crippen LogP contribution in [0.4, 0.5) is 11.5 Å². The third-order valence-electron chi connectivity index (χ3n) is 3.11. The lowest BCUT2D eigenvalue weighted by Gasteiger charge is -2.22. The van der Waals surface area contributed by atoms with Crippen LogP contribution in [0.5, 0.6) is 0 Å². The summed E-state index contributed by atoms with van der Waals surface area (Å²) in [7, 11) is 0. The Hall–Kier alpha value is -1.79. The maximum atomic E-state index is 9.12. The van der Waals surface area contributed by atoms with Gasteiger partial charge in [0.05, 0.1) is 6.61 Å². The Morgan fingerprint density at radius 3 is 2.57 bits per heavy atom. The summed E-state index contributed by atoms with van der Waals surface area (Å²) in [6.45, 7) is 5.37. The molecule has 2 aromatic rings. The summed E-state index contributed by atoms with van der Waals surface area (Å²) in [5.41, 5.74) is 7.97. The van der Waals surface area contributed by atoms with Gasteiger partial charge in [-0.2, -0.15) is 0 Å². The molecule has 5 nitrogen and oxygen atoms in total. The van der Waals surface area contributed by atoms with E-state index in [0.29, 0.717) is 18.1 Å². The average Bonchev–Trinajstić information content (AvgIpc) is 2.49. The molecule has 0 fully saturated rings. The van der Waals surface area contributed by atoms with Crippen molar-refractivity contribution in [3.8, 4) is 0 Å². The van der Waals surface area contributed by atoms with Crippen LogP contribution < -0.4 is 10.6 Å². The normalized spacial score (nSPS) is 10.6. The van der Waals surface area contributed by atoms with E-state index >= 15 is 0 Å². The molecule has 21 heavy (non-hydrogen) atoms. The van der Waals surface area contributed by atoms with Gasteiger partial charge in [0, 0.05) is 18.0 Å². The first kappa shape index (κ1) is 15.6. The molecular weight excluding hydrogens is 284 g/mol. The molecule has 1 aromatic heterocycles. The molecule has 3 N–H and O–H groups in total. The molecule has 0 amide bonds. The van der Waals surface area contributed by atoms with Crippen molar-refractivity contribution in [1.82, 2.24) is 9.97 Å². The van der Waals surface area contributed by atoms with E-state index in [1.165, 1.54) is 23.7 Å². The van der Waals surface area contributed by atoms with Gasteiger partial charge in [-0.25, -0.2) is 9.97 Å². The van der Waals surface area contributed by atoms with Crippen molar-refractivity contribution < 1.29 is 5.11 Å². The minimum atomic E-state index is 0.0672. The Balaban J connectivity index is 2.26. The number of likely N-dealkylation sites (N-methyl/N-ethyl adjacent to an activating group) is 1. The van der Waals surface area contributed by atoms with Crippen LogP contribution in [0.2, 0.25) is 0 Å². The van der Waals surface area contributed by atoms with E-state index in [-0.39, 0.29) is 6.61 Å². The van der Waals surface area contributed by atoms with E-state index in [9.17, 15) is 0 Å². The van der Waals surface area contributed by atoms with Gasteiger partial charge < -0.3 is 15.7 Å². The summed E-state index contributed by atoms with van der Waals surface area (Å²) in [5, 5.41) is 9.86. The van der Waals surface area contributed by atoms with Gasteiger partial charge in [0.25, 0.3) is 0 Å². The number of hydrogen-bond acceptors (Lipinski definition) is 6. The molecule has 0 saturated heterocycles. The molecule has 2 rings (SSSR count). The Bertz CT molecular complexity index is 589. The molecule has 0 atom stereocenters. The second kappa shape index (κ2) is 7.28. The van der Waals surface area contributed by atoms with Crippen molar-refractivity contribution in [2.24, 2.45) is 0 Å². The number of aliphatic hydroxyl groups is 1. The Morgan fingerprint density at radius 1 is 1.24 bits per heavy atom. The van der Waals surface area contributed by atoms with Crippen LogP contribution in [0.3, 0.4) is 0 Å². The SMILES string of the molecule is CCN(CCO)c1ncnc(Sc2ccc(C)cc2)c1N. The Labute approximate surface area is 129 Å². The number of aliphatic hydroxyl groups excluding tert-OH is 1. The van der Waals surface area contributed by atoms with Crippen LogP contribution in [0.1, 0.15) is 12.5 Å². The van der Waals surface area contributed by atoms with Crippen LogP contribution in [-0.4, -0.2) is 34.8 Å². The van der Waals surface area contributed by atoms with Gasteiger partial charge in [0.15, 0.2) is 5.82 Å². The third-order valence-corrected chi connectivity index (χ3v) is 4.14. The number of aryl methyl sites for hydroxylation is 1. The Kier molecular flexibility index (Phi) is 5.41. The van der Waals surface area contributed by atoms with E-state index in [1.54, 1.807) is 0 Å². The van der Waals surface area contributed by atoms with E-state index in [4.69, 9.17) is 10.8 Å². The molecule has 1 heterocycles. The van der Waals surface area contributed by atoms with Crippen LogP contribution in [-0.2, 0) is 0 Å². The number of nitrogens with zero attached hydrogens (tertiary/aromatic N) is 3. The fraction of sp³-hybridized carbons (Fsp3) is 0.333. The smallest absolute Gasteiger partial charge is 0.156 e. The lowest BCUT2D eigenvalue weighted by molar-refractivity contribution is 0.302.